The van der Waals surface area contributed by atoms with Crippen molar-refractivity contribution < 1.29 is 18.0 Å². The van der Waals surface area contributed by atoms with E-state index in [1.165, 1.54) is 19.1 Å². The summed E-state index contributed by atoms with van der Waals surface area (Å²) < 4.78 is 26.7. The van der Waals surface area contributed by atoms with E-state index in [2.05, 4.69) is 15.3 Å². The lowest BCUT2D eigenvalue weighted by Gasteiger charge is -2.07. The van der Waals surface area contributed by atoms with Crippen LogP contribution in [0.4, 0.5) is 5.69 Å². The minimum atomic E-state index is -3.89. The van der Waals surface area contributed by atoms with Gasteiger partial charge in [-0.3, -0.25) is 9.59 Å². The van der Waals surface area contributed by atoms with Crippen molar-refractivity contribution in [2.24, 2.45) is 0 Å². The maximum Gasteiger partial charge on any atom is 0.234 e. The third-order valence-corrected chi connectivity index (χ3v) is 8.01. The molecule has 0 saturated carbocycles. The van der Waals surface area contributed by atoms with Crippen LogP contribution in [0.5, 0.6) is 0 Å². The van der Waals surface area contributed by atoms with Crippen molar-refractivity contribution in [2.75, 3.05) is 11.1 Å². The zero-order chi connectivity index (χ0) is 25.0. The van der Waals surface area contributed by atoms with Gasteiger partial charge in [0.05, 0.1) is 10.6 Å². The van der Waals surface area contributed by atoms with Crippen LogP contribution < -0.4 is 5.32 Å². The molecule has 0 unspecified atom stereocenters. The smallest absolute Gasteiger partial charge is 0.234 e. The molecule has 0 aliphatic heterocycles. The average Bonchev–Trinajstić information content (AvgIpc) is 3.29. The van der Waals surface area contributed by atoms with Crippen LogP contribution in [0.1, 0.15) is 22.8 Å². The van der Waals surface area contributed by atoms with Gasteiger partial charge in [-0.05, 0) is 38.1 Å². The van der Waals surface area contributed by atoms with Crippen LogP contribution in [0.3, 0.4) is 0 Å². The van der Waals surface area contributed by atoms with Crippen molar-refractivity contribution >= 4 is 39.0 Å². The molecular formula is C26H23N3O4S2. The lowest BCUT2D eigenvalue weighted by molar-refractivity contribution is -0.113. The van der Waals surface area contributed by atoms with Crippen LogP contribution >= 0.6 is 11.8 Å². The van der Waals surface area contributed by atoms with Crippen LogP contribution in [0, 0.1) is 6.92 Å². The van der Waals surface area contributed by atoms with E-state index >= 15 is 0 Å². The van der Waals surface area contributed by atoms with E-state index in [1.807, 2.05) is 31.2 Å². The number of benzene rings is 3. The topological polar surface area (TPSA) is 109 Å². The molecule has 0 saturated heterocycles. The molecule has 0 atom stereocenters. The second kappa shape index (κ2) is 10.3. The number of carbonyl (C=O) groups is 2. The Morgan fingerprint density at radius 1 is 0.971 bits per heavy atom. The molecule has 0 radical (unpaired) electrons. The fourth-order valence-electron chi connectivity index (χ4n) is 3.33. The molecule has 0 spiro atoms. The van der Waals surface area contributed by atoms with Crippen LogP contribution in [0.15, 0.2) is 93.8 Å². The first kappa shape index (κ1) is 24.4. The van der Waals surface area contributed by atoms with E-state index in [-0.39, 0.29) is 32.4 Å². The minimum absolute atomic E-state index is 0.0596. The number of Topliss-reactive ketones (excluding diaryl/α,β-unsaturated/α-hetero) is 1. The van der Waals surface area contributed by atoms with Gasteiger partial charge < -0.3 is 10.3 Å². The third kappa shape index (κ3) is 5.70. The summed E-state index contributed by atoms with van der Waals surface area (Å²) in [6.07, 6.45) is 0. The van der Waals surface area contributed by atoms with Gasteiger partial charge in [-0.2, -0.15) is 0 Å². The Labute approximate surface area is 207 Å². The van der Waals surface area contributed by atoms with E-state index in [4.69, 9.17) is 0 Å². The molecule has 0 fully saturated rings. The van der Waals surface area contributed by atoms with Crippen molar-refractivity contribution in [1.29, 1.82) is 0 Å². The van der Waals surface area contributed by atoms with Crippen molar-refractivity contribution in [3.8, 4) is 11.4 Å². The standard InChI is InChI=1S/C26H23N3O4S2/c1-17-11-13-19(14-12-17)24-28-25(26(29-24)35(32,33)22-9-4-3-5-10-22)34-16-23(31)27-21-8-6-7-20(15-21)18(2)30/h3-15H,16H2,1-2H3,(H,27,31)(H,28,29). The largest absolute Gasteiger partial charge is 0.328 e. The Kier molecular flexibility index (Phi) is 7.18. The number of aromatic nitrogens is 2. The highest BCUT2D eigenvalue weighted by molar-refractivity contribution is 8.00. The number of sulfone groups is 1. The van der Waals surface area contributed by atoms with Crippen LogP contribution in [-0.4, -0.2) is 35.8 Å². The van der Waals surface area contributed by atoms with Crippen molar-refractivity contribution in [3.63, 3.8) is 0 Å². The zero-order valence-corrected chi connectivity index (χ0v) is 20.7. The number of hydrogen-bond acceptors (Lipinski definition) is 6. The van der Waals surface area contributed by atoms with Gasteiger partial charge in [-0.1, -0.05) is 71.9 Å². The van der Waals surface area contributed by atoms with Gasteiger partial charge in [0.1, 0.15) is 10.9 Å². The molecule has 9 heteroatoms. The summed E-state index contributed by atoms with van der Waals surface area (Å²) in [5, 5.41) is 2.89. The summed E-state index contributed by atoms with van der Waals surface area (Å²) in [5.41, 5.74) is 2.78. The first-order valence-electron chi connectivity index (χ1n) is 10.7. The number of nitrogens with zero attached hydrogens (tertiary/aromatic N) is 1. The normalized spacial score (nSPS) is 11.3. The van der Waals surface area contributed by atoms with E-state index in [0.29, 0.717) is 17.1 Å². The Balaban J connectivity index is 1.61. The lowest BCUT2D eigenvalue weighted by Crippen LogP contribution is -2.14. The molecule has 7 nitrogen and oxygen atoms in total. The van der Waals surface area contributed by atoms with Gasteiger partial charge in [0.2, 0.25) is 15.7 Å². The highest BCUT2D eigenvalue weighted by atomic mass is 32.2. The fraction of sp³-hybridized carbons (Fsp3) is 0.115. The number of amides is 1. The Bertz CT molecular complexity index is 1480. The first-order valence-corrected chi connectivity index (χ1v) is 13.2. The molecule has 1 aromatic heterocycles. The molecule has 1 amide bonds. The monoisotopic (exact) mass is 505 g/mol. The highest BCUT2D eigenvalue weighted by Gasteiger charge is 2.26. The molecule has 4 aromatic rings. The summed E-state index contributed by atoms with van der Waals surface area (Å²) in [6, 6.07) is 22.3. The number of rotatable bonds is 8. The summed E-state index contributed by atoms with van der Waals surface area (Å²) in [7, 11) is -3.89. The maximum atomic E-state index is 13.4. The van der Waals surface area contributed by atoms with E-state index in [1.54, 1.807) is 42.5 Å². The predicted octanol–water partition coefficient (Wildman–Crippen LogP) is 5.15. The Morgan fingerprint density at radius 2 is 1.69 bits per heavy atom. The predicted molar refractivity (Wildman–Crippen MR) is 136 cm³/mol. The molecule has 0 aliphatic rings. The number of ketones is 1. The van der Waals surface area contributed by atoms with Gasteiger partial charge in [-0.25, -0.2) is 13.4 Å². The summed E-state index contributed by atoms with van der Waals surface area (Å²) in [5.74, 6) is -0.124. The number of H-pyrrole nitrogens is 1. The molecule has 1 heterocycles. The number of thioether (sulfide) groups is 1. The zero-order valence-electron chi connectivity index (χ0n) is 19.1. The van der Waals surface area contributed by atoms with Crippen molar-refractivity contribution in [3.05, 3.63) is 90.0 Å². The quantitative estimate of drug-likeness (QED) is 0.253. The van der Waals surface area contributed by atoms with E-state index in [9.17, 15) is 18.0 Å². The minimum Gasteiger partial charge on any atom is -0.328 e. The van der Waals surface area contributed by atoms with Gasteiger partial charge in [0.15, 0.2) is 10.8 Å². The molecule has 0 bridgehead atoms. The van der Waals surface area contributed by atoms with Gasteiger partial charge >= 0.3 is 0 Å². The van der Waals surface area contributed by atoms with E-state index < -0.39 is 9.84 Å². The SMILES string of the molecule is CC(=O)c1cccc(NC(=O)CSc2nc(-c3ccc(C)cc3)[nH]c2S(=O)(=O)c2ccccc2)c1. The third-order valence-electron chi connectivity index (χ3n) is 5.18. The van der Waals surface area contributed by atoms with Gasteiger partial charge in [-0.15, -0.1) is 0 Å². The fourth-order valence-corrected chi connectivity index (χ4v) is 5.78. The van der Waals surface area contributed by atoms with Gasteiger partial charge in [0, 0.05) is 16.8 Å². The second-order valence-electron chi connectivity index (χ2n) is 7.88. The van der Waals surface area contributed by atoms with Crippen molar-refractivity contribution in [1.82, 2.24) is 9.97 Å². The number of nitrogens with one attached hydrogen (secondary N) is 2. The molecule has 35 heavy (non-hydrogen) atoms. The number of imidazole rings is 1. The van der Waals surface area contributed by atoms with Crippen LogP contribution in [0.25, 0.3) is 11.4 Å². The van der Waals surface area contributed by atoms with Crippen LogP contribution in [-0.2, 0) is 14.6 Å². The second-order valence-corrected chi connectivity index (χ2v) is 10.7. The molecular weight excluding hydrogens is 482 g/mol. The van der Waals surface area contributed by atoms with E-state index in [0.717, 1.165) is 22.9 Å². The molecule has 3 aromatic carbocycles. The maximum absolute atomic E-state index is 13.4. The molecule has 4 rings (SSSR count). The average molecular weight is 506 g/mol. The Hall–Kier alpha value is -3.69. The lowest BCUT2D eigenvalue weighted by atomic mass is 10.1. The number of hydrogen-bond donors (Lipinski definition) is 2. The summed E-state index contributed by atoms with van der Waals surface area (Å²) in [4.78, 5) is 31.8. The number of aromatic amines is 1. The highest BCUT2D eigenvalue weighted by Crippen LogP contribution is 2.32. The summed E-state index contributed by atoms with van der Waals surface area (Å²) in [6.45, 7) is 3.41. The van der Waals surface area contributed by atoms with Gasteiger partial charge in [0.25, 0.3) is 0 Å². The number of aryl methyl sites for hydroxylation is 1. The summed E-state index contributed by atoms with van der Waals surface area (Å²) >= 11 is 1.02. The number of anilines is 1. The molecule has 2 N–H and O–H groups in total. The van der Waals surface area contributed by atoms with Crippen LogP contribution in [0.2, 0.25) is 0 Å². The van der Waals surface area contributed by atoms with Crippen molar-refractivity contribution in [2.45, 2.75) is 28.8 Å². The first-order chi connectivity index (χ1) is 16.7. The Morgan fingerprint density at radius 3 is 2.37 bits per heavy atom. The molecule has 178 valence electrons. The number of carbonyl (C=O) groups excluding carboxylic acids is 2. The molecule has 0 aliphatic carbocycles.